The summed E-state index contributed by atoms with van der Waals surface area (Å²) in [5.41, 5.74) is 0.931. The van der Waals surface area contributed by atoms with Gasteiger partial charge in [-0.15, -0.1) is 0 Å². The van der Waals surface area contributed by atoms with Crippen molar-refractivity contribution < 1.29 is 14.5 Å². The van der Waals surface area contributed by atoms with Crippen molar-refractivity contribution in [2.24, 2.45) is 0 Å². The number of carbonyl (C=O) groups is 2. The van der Waals surface area contributed by atoms with Crippen LogP contribution in [0.4, 0.5) is 17.1 Å². The summed E-state index contributed by atoms with van der Waals surface area (Å²) >= 11 is 0. The molecule has 2 aromatic rings. The number of carbonyl (C=O) groups excluding carboxylic acids is 2. The van der Waals surface area contributed by atoms with Gasteiger partial charge in [0.15, 0.2) is 0 Å². The molecule has 0 heterocycles. The second-order valence-electron chi connectivity index (χ2n) is 6.52. The molecule has 28 heavy (non-hydrogen) atoms. The molecule has 0 radical (unpaired) electrons. The first-order valence-corrected chi connectivity index (χ1v) is 9.01. The van der Waals surface area contributed by atoms with Crippen molar-refractivity contribution in [1.82, 2.24) is 10.2 Å². The van der Waals surface area contributed by atoms with Crippen LogP contribution >= 0.6 is 0 Å². The first-order valence-electron chi connectivity index (χ1n) is 9.01. The number of nitrogens with one attached hydrogen (secondary N) is 2. The minimum absolute atomic E-state index is 0.0364. The third-order valence-corrected chi connectivity index (χ3v) is 3.95. The summed E-state index contributed by atoms with van der Waals surface area (Å²) in [6.07, 6.45) is 0. The molecule has 2 rings (SSSR count). The van der Waals surface area contributed by atoms with Crippen LogP contribution in [0.5, 0.6) is 0 Å². The van der Waals surface area contributed by atoms with E-state index in [1.807, 2.05) is 32.0 Å². The maximum Gasteiger partial charge on any atom is 0.293 e. The Hall–Kier alpha value is -3.42. The van der Waals surface area contributed by atoms with Crippen LogP contribution in [0.3, 0.4) is 0 Å². The minimum atomic E-state index is -0.538. The molecule has 0 unspecified atom stereocenters. The number of rotatable bonds is 8. The zero-order valence-electron chi connectivity index (χ0n) is 16.1. The Morgan fingerprint density at radius 2 is 1.82 bits per heavy atom. The van der Waals surface area contributed by atoms with Crippen LogP contribution in [0.15, 0.2) is 48.5 Å². The highest BCUT2D eigenvalue weighted by atomic mass is 16.6. The highest BCUT2D eigenvalue weighted by Gasteiger charge is 2.22. The fourth-order valence-electron chi connectivity index (χ4n) is 2.65. The fourth-order valence-corrected chi connectivity index (χ4v) is 2.65. The van der Waals surface area contributed by atoms with Gasteiger partial charge in [0.2, 0.25) is 5.91 Å². The topological polar surface area (TPSA) is 105 Å². The molecule has 8 nitrogen and oxygen atoms in total. The van der Waals surface area contributed by atoms with E-state index in [1.165, 1.54) is 23.1 Å². The fraction of sp³-hybridized carbons (Fsp3) is 0.300. The summed E-state index contributed by atoms with van der Waals surface area (Å²) in [6.45, 7) is 5.61. The van der Waals surface area contributed by atoms with Crippen molar-refractivity contribution in [2.45, 2.75) is 26.8 Å². The molecule has 0 saturated carbocycles. The van der Waals surface area contributed by atoms with Crippen molar-refractivity contribution in [3.8, 4) is 0 Å². The predicted octanol–water partition coefficient (Wildman–Crippen LogP) is 3.33. The molecule has 0 fully saturated rings. The highest BCUT2D eigenvalue weighted by molar-refractivity contribution is 5.98. The van der Waals surface area contributed by atoms with E-state index in [-0.39, 0.29) is 35.4 Å². The van der Waals surface area contributed by atoms with Gasteiger partial charge >= 0.3 is 0 Å². The Morgan fingerprint density at radius 3 is 2.39 bits per heavy atom. The number of nitrogens with zero attached hydrogens (tertiary/aromatic N) is 2. The summed E-state index contributed by atoms with van der Waals surface area (Å²) in [5.74, 6) is -0.710. The number of likely N-dealkylation sites (N-methyl/N-ethyl adjacent to an activating group) is 1. The van der Waals surface area contributed by atoms with Gasteiger partial charge in [-0.3, -0.25) is 19.7 Å². The second-order valence-corrected chi connectivity index (χ2v) is 6.52. The van der Waals surface area contributed by atoms with E-state index < -0.39 is 10.8 Å². The van der Waals surface area contributed by atoms with Crippen molar-refractivity contribution >= 4 is 28.9 Å². The van der Waals surface area contributed by atoms with Gasteiger partial charge in [-0.1, -0.05) is 18.2 Å². The van der Waals surface area contributed by atoms with E-state index in [2.05, 4.69) is 10.6 Å². The predicted molar refractivity (Wildman–Crippen MR) is 108 cm³/mol. The maximum atomic E-state index is 12.7. The maximum absolute atomic E-state index is 12.7. The van der Waals surface area contributed by atoms with Gasteiger partial charge in [0.1, 0.15) is 5.69 Å². The van der Waals surface area contributed by atoms with E-state index in [0.29, 0.717) is 12.2 Å². The average Bonchev–Trinajstić information content (AvgIpc) is 2.66. The molecule has 0 atom stereocenters. The van der Waals surface area contributed by atoms with Crippen LogP contribution in [0.1, 0.15) is 31.1 Å². The number of para-hydroxylation sites is 1. The molecule has 0 aromatic heterocycles. The zero-order valence-corrected chi connectivity index (χ0v) is 16.1. The molecule has 148 valence electrons. The number of nitro benzene ring substituents is 1. The monoisotopic (exact) mass is 384 g/mol. The summed E-state index contributed by atoms with van der Waals surface area (Å²) in [7, 11) is 0. The van der Waals surface area contributed by atoms with E-state index >= 15 is 0 Å². The van der Waals surface area contributed by atoms with Crippen molar-refractivity contribution in [2.75, 3.05) is 18.4 Å². The van der Waals surface area contributed by atoms with Crippen molar-refractivity contribution in [3.05, 3.63) is 64.2 Å². The smallest absolute Gasteiger partial charge is 0.293 e. The van der Waals surface area contributed by atoms with Gasteiger partial charge in [0.25, 0.3) is 11.6 Å². The molecule has 8 heteroatoms. The van der Waals surface area contributed by atoms with Gasteiger partial charge in [-0.05, 0) is 45.0 Å². The SMILES string of the molecule is CCN(CC(=O)NC(C)C)C(=O)c1ccc(Nc2ccccc2)c([N+](=O)[O-])c1. The van der Waals surface area contributed by atoms with Gasteiger partial charge in [-0.25, -0.2) is 0 Å². The standard InChI is InChI=1S/C20H24N4O4/c1-4-23(13-19(25)21-14(2)3)20(26)15-10-11-17(18(12-15)24(27)28)22-16-8-6-5-7-9-16/h5-12,14,22H,4,13H2,1-3H3,(H,21,25). The lowest BCUT2D eigenvalue weighted by atomic mass is 10.1. The van der Waals surface area contributed by atoms with Crippen LogP contribution in [-0.4, -0.2) is 40.8 Å². The lowest BCUT2D eigenvalue weighted by Gasteiger charge is -2.21. The van der Waals surface area contributed by atoms with Gasteiger partial charge in [0.05, 0.1) is 11.5 Å². The molecular formula is C20H24N4O4. The van der Waals surface area contributed by atoms with Gasteiger partial charge in [0, 0.05) is 29.9 Å². The van der Waals surface area contributed by atoms with E-state index in [9.17, 15) is 19.7 Å². The number of anilines is 2. The quantitative estimate of drug-likeness (QED) is 0.537. The molecule has 0 aliphatic heterocycles. The number of benzene rings is 2. The van der Waals surface area contributed by atoms with Crippen molar-refractivity contribution in [1.29, 1.82) is 0 Å². The van der Waals surface area contributed by atoms with E-state index in [1.54, 1.807) is 19.1 Å². The molecule has 2 N–H and O–H groups in total. The molecule has 0 bridgehead atoms. The van der Waals surface area contributed by atoms with Crippen LogP contribution in [0.25, 0.3) is 0 Å². The van der Waals surface area contributed by atoms with Crippen LogP contribution in [0, 0.1) is 10.1 Å². The zero-order chi connectivity index (χ0) is 20.7. The van der Waals surface area contributed by atoms with Crippen LogP contribution < -0.4 is 10.6 Å². The first kappa shape index (κ1) is 20.9. The molecule has 0 aliphatic rings. The van der Waals surface area contributed by atoms with Gasteiger partial charge in [-0.2, -0.15) is 0 Å². The Morgan fingerprint density at radius 1 is 1.14 bits per heavy atom. The first-order chi connectivity index (χ1) is 13.3. The molecular weight excluding hydrogens is 360 g/mol. The number of hydrogen-bond donors (Lipinski definition) is 2. The summed E-state index contributed by atoms with van der Waals surface area (Å²) in [5, 5.41) is 17.2. The van der Waals surface area contributed by atoms with Gasteiger partial charge < -0.3 is 15.5 Å². The van der Waals surface area contributed by atoms with Crippen molar-refractivity contribution in [3.63, 3.8) is 0 Å². The summed E-state index contributed by atoms with van der Waals surface area (Å²) in [4.78, 5) is 37.0. The molecule has 0 saturated heterocycles. The molecule has 0 spiro atoms. The largest absolute Gasteiger partial charge is 0.352 e. The van der Waals surface area contributed by atoms with Crippen LogP contribution in [0.2, 0.25) is 0 Å². The third-order valence-electron chi connectivity index (χ3n) is 3.95. The Bertz CT molecular complexity index is 853. The average molecular weight is 384 g/mol. The lowest BCUT2D eigenvalue weighted by Crippen LogP contribution is -2.42. The minimum Gasteiger partial charge on any atom is -0.352 e. The molecule has 2 aromatic carbocycles. The van der Waals surface area contributed by atoms with E-state index in [0.717, 1.165) is 0 Å². The number of nitro groups is 1. The third kappa shape index (κ3) is 5.54. The highest BCUT2D eigenvalue weighted by Crippen LogP contribution is 2.29. The summed E-state index contributed by atoms with van der Waals surface area (Å²) in [6, 6.07) is 13.3. The molecule has 2 amide bonds. The van der Waals surface area contributed by atoms with E-state index in [4.69, 9.17) is 0 Å². The Kier molecular flexibility index (Phi) is 7.08. The number of hydrogen-bond acceptors (Lipinski definition) is 5. The molecule has 0 aliphatic carbocycles. The van der Waals surface area contributed by atoms with Crippen LogP contribution in [-0.2, 0) is 4.79 Å². The lowest BCUT2D eigenvalue weighted by molar-refractivity contribution is -0.383. The Labute approximate surface area is 163 Å². The second kappa shape index (κ2) is 9.50. The number of amides is 2. The normalized spacial score (nSPS) is 10.4. The Balaban J connectivity index is 2.25. The summed E-state index contributed by atoms with van der Waals surface area (Å²) < 4.78 is 0.